The lowest BCUT2D eigenvalue weighted by Crippen LogP contribution is -2.56. The van der Waals surface area contributed by atoms with Crippen LogP contribution in [0.5, 0.6) is 0 Å². The number of rotatable bonds is 8. The molecule has 230 valence electrons. The molecule has 4 aliphatic heterocycles. The predicted octanol–water partition coefficient (Wildman–Crippen LogP) is 4.08. The molecule has 4 heterocycles. The summed E-state index contributed by atoms with van der Waals surface area (Å²) in [4.78, 5) is 49.3. The van der Waals surface area contributed by atoms with Crippen LogP contribution in [0.3, 0.4) is 0 Å². The third-order valence-electron chi connectivity index (χ3n) is 9.61. The Morgan fingerprint density at radius 2 is 1.29 bits per heavy atom. The second-order valence-electron chi connectivity index (χ2n) is 12.4. The zero-order valence-electron chi connectivity index (χ0n) is 25.0. The number of aliphatic hydroxyl groups excluding tert-OH is 1. The van der Waals surface area contributed by atoms with Gasteiger partial charge >= 0.3 is 0 Å². The third-order valence-corrected chi connectivity index (χ3v) is 11.4. The van der Waals surface area contributed by atoms with Gasteiger partial charge in [0.05, 0.1) is 29.2 Å². The molecule has 2 fully saturated rings. The number of likely N-dealkylation sites (tertiary alicyclic amines) is 1. The molecule has 0 aliphatic carbocycles. The summed E-state index contributed by atoms with van der Waals surface area (Å²) in [7, 11) is 0. The second-order valence-corrected chi connectivity index (χ2v) is 13.8. The molecule has 0 bridgehead atoms. The van der Waals surface area contributed by atoms with Crippen LogP contribution in [-0.2, 0) is 33.9 Å². The van der Waals surface area contributed by atoms with Gasteiger partial charge in [0.15, 0.2) is 0 Å². The Bertz CT molecular complexity index is 1610. The quantitative estimate of drug-likeness (QED) is 0.385. The lowest BCUT2D eigenvalue weighted by molar-refractivity contribution is -0.147. The van der Waals surface area contributed by atoms with Crippen LogP contribution >= 0.6 is 11.8 Å². The number of hydrogen-bond donors (Lipinski definition) is 1. The van der Waals surface area contributed by atoms with E-state index in [1.807, 2.05) is 114 Å². The summed E-state index contributed by atoms with van der Waals surface area (Å²) in [6, 6.07) is 28.0. The standard InChI is InChI=1S/C37H37N3O4S/c41-25-29(22-26-12-4-1-5-13-26)40-33-36(44)39(24-28-16-8-3-9-17-28)21-11-19-37(33)32(35(40)43)31-30(45-37)18-10-20-38(34(31)42)23-27-14-6-2-7-15-27/h1-19,29-33,41H,20-25H2/t29-,30+,31-,32+,33?,37+/m1/s1. The number of carbonyl (C=O) groups is 3. The Labute approximate surface area is 268 Å². The van der Waals surface area contributed by atoms with Gasteiger partial charge in [-0.3, -0.25) is 14.4 Å². The van der Waals surface area contributed by atoms with E-state index in [1.165, 1.54) is 0 Å². The fourth-order valence-corrected chi connectivity index (χ4v) is 9.59. The van der Waals surface area contributed by atoms with E-state index in [-0.39, 0.29) is 29.6 Å². The lowest BCUT2D eigenvalue weighted by atomic mass is 9.78. The largest absolute Gasteiger partial charge is 0.394 e. The molecule has 3 aromatic rings. The van der Waals surface area contributed by atoms with E-state index < -0.39 is 28.7 Å². The first-order valence-corrected chi connectivity index (χ1v) is 16.5. The average Bonchev–Trinajstić information content (AvgIpc) is 3.40. The van der Waals surface area contributed by atoms with Crippen molar-refractivity contribution in [3.05, 3.63) is 132 Å². The highest BCUT2D eigenvalue weighted by atomic mass is 32.2. The van der Waals surface area contributed by atoms with Crippen molar-refractivity contribution in [2.75, 3.05) is 19.7 Å². The van der Waals surface area contributed by atoms with Gasteiger partial charge in [-0.2, -0.15) is 0 Å². The van der Waals surface area contributed by atoms with Crippen molar-refractivity contribution in [1.82, 2.24) is 14.7 Å². The first-order chi connectivity index (χ1) is 22.0. The van der Waals surface area contributed by atoms with Crippen LogP contribution in [0.1, 0.15) is 16.7 Å². The number of nitrogens with zero attached hydrogens (tertiary/aromatic N) is 3. The summed E-state index contributed by atoms with van der Waals surface area (Å²) in [5.74, 6) is -1.78. The van der Waals surface area contributed by atoms with Crippen LogP contribution in [0.2, 0.25) is 0 Å². The van der Waals surface area contributed by atoms with Crippen LogP contribution in [0.25, 0.3) is 0 Å². The Balaban J connectivity index is 1.29. The topological polar surface area (TPSA) is 81.2 Å². The van der Waals surface area contributed by atoms with Gasteiger partial charge in [-0.1, -0.05) is 115 Å². The van der Waals surface area contributed by atoms with Crippen LogP contribution in [-0.4, -0.2) is 79.3 Å². The van der Waals surface area contributed by atoms with Crippen molar-refractivity contribution in [3.8, 4) is 0 Å². The van der Waals surface area contributed by atoms with E-state index >= 15 is 0 Å². The van der Waals surface area contributed by atoms with Crippen molar-refractivity contribution in [1.29, 1.82) is 0 Å². The van der Waals surface area contributed by atoms with Gasteiger partial charge in [-0.15, -0.1) is 11.8 Å². The average molecular weight is 620 g/mol. The maximum absolute atomic E-state index is 14.8. The number of aliphatic hydroxyl groups is 1. The van der Waals surface area contributed by atoms with E-state index in [1.54, 1.807) is 21.6 Å². The molecule has 3 amide bonds. The highest BCUT2D eigenvalue weighted by Gasteiger charge is 2.71. The Morgan fingerprint density at radius 1 is 0.733 bits per heavy atom. The van der Waals surface area contributed by atoms with Crippen molar-refractivity contribution < 1.29 is 19.5 Å². The fourth-order valence-electron chi connectivity index (χ4n) is 7.60. The number of hydrogen-bond acceptors (Lipinski definition) is 5. The summed E-state index contributed by atoms with van der Waals surface area (Å²) in [6.45, 7) is 1.44. The van der Waals surface area contributed by atoms with Crippen molar-refractivity contribution in [2.24, 2.45) is 11.8 Å². The molecule has 45 heavy (non-hydrogen) atoms. The minimum absolute atomic E-state index is 0.0629. The van der Waals surface area contributed by atoms with E-state index in [9.17, 15) is 19.5 Å². The molecule has 3 aromatic carbocycles. The molecule has 8 heteroatoms. The Morgan fingerprint density at radius 3 is 1.89 bits per heavy atom. The van der Waals surface area contributed by atoms with Crippen LogP contribution in [0, 0.1) is 11.8 Å². The molecular weight excluding hydrogens is 582 g/mol. The molecule has 1 spiro atoms. The first kappa shape index (κ1) is 29.6. The number of carbonyl (C=O) groups excluding carboxylic acids is 3. The minimum Gasteiger partial charge on any atom is -0.394 e. The van der Waals surface area contributed by atoms with Gasteiger partial charge in [0.25, 0.3) is 0 Å². The molecule has 7 nitrogen and oxygen atoms in total. The fraction of sp³-hybridized carbons (Fsp3) is 0.324. The summed E-state index contributed by atoms with van der Waals surface area (Å²) in [6.07, 6.45) is 8.55. The molecule has 0 radical (unpaired) electrons. The molecule has 4 aliphatic rings. The van der Waals surface area contributed by atoms with Crippen molar-refractivity contribution in [3.63, 3.8) is 0 Å². The summed E-state index contributed by atoms with van der Waals surface area (Å²) in [5.41, 5.74) is 3.00. The zero-order valence-corrected chi connectivity index (χ0v) is 25.8. The van der Waals surface area contributed by atoms with Crippen molar-refractivity contribution >= 4 is 29.5 Å². The van der Waals surface area contributed by atoms with E-state index in [0.29, 0.717) is 32.6 Å². The van der Waals surface area contributed by atoms with Gasteiger partial charge in [0, 0.05) is 31.4 Å². The number of amides is 3. The third kappa shape index (κ3) is 5.30. The predicted molar refractivity (Wildman–Crippen MR) is 175 cm³/mol. The number of thioether (sulfide) groups is 1. The highest BCUT2D eigenvalue weighted by molar-refractivity contribution is 8.02. The van der Waals surface area contributed by atoms with Gasteiger partial charge < -0.3 is 19.8 Å². The summed E-state index contributed by atoms with van der Waals surface area (Å²) < 4.78 is -0.936. The minimum atomic E-state index is -0.936. The number of benzene rings is 3. The molecule has 1 unspecified atom stereocenters. The van der Waals surface area contributed by atoms with Crippen molar-refractivity contribution in [2.45, 2.75) is 41.6 Å². The Kier molecular flexibility index (Phi) is 8.10. The molecule has 0 saturated carbocycles. The van der Waals surface area contributed by atoms with E-state index in [4.69, 9.17) is 0 Å². The molecule has 7 rings (SSSR count). The SMILES string of the molecule is O=C1C2N([C@@H](CO)Cc3ccccc3)C(=O)[C@@H]3[C@@H]4C(=O)N(Cc5ccccc5)CC=C[C@@H]4S[C@]23C=CCN1Cc1ccccc1. The summed E-state index contributed by atoms with van der Waals surface area (Å²) in [5, 5.41) is 10.5. The Hall–Kier alpha value is -4.14. The normalized spacial score (nSPS) is 28.0. The second kappa shape index (κ2) is 12.3. The summed E-state index contributed by atoms with van der Waals surface area (Å²) >= 11 is 1.58. The van der Waals surface area contributed by atoms with Gasteiger partial charge in [0.1, 0.15) is 6.04 Å². The van der Waals surface area contributed by atoms with Gasteiger partial charge in [-0.05, 0) is 23.1 Å². The molecule has 0 aromatic heterocycles. The lowest BCUT2D eigenvalue weighted by Gasteiger charge is -2.38. The van der Waals surface area contributed by atoms with Crippen LogP contribution in [0.15, 0.2) is 115 Å². The monoisotopic (exact) mass is 619 g/mol. The molecule has 2 saturated heterocycles. The van der Waals surface area contributed by atoms with E-state index in [0.717, 1.165) is 16.7 Å². The number of fused-ring (bicyclic) bond motifs is 2. The molecule has 1 N–H and O–H groups in total. The van der Waals surface area contributed by atoms with Crippen LogP contribution in [0.4, 0.5) is 0 Å². The molecular formula is C37H37N3O4S. The zero-order chi connectivity index (χ0) is 31.0. The van der Waals surface area contributed by atoms with E-state index in [2.05, 4.69) is 6.08 Å². The van der Waals surface area contributed by atoms with Crippen LogP contribution < -0.4 is 0 Å². The highest BCUT2D eigenvalue weighted by Crippen LogP contribution is 2.61. The van der Waals surface area contributed by atoms with Gasteiger partial charge in [-0.25, -0.2) is 0 Å². The maximum atomic E-state index is 14.8. The molecule has 6 atom stereocenters. The van der Waals surface area contributed by atoms with Gasteiger partial charge in [0.2, 0.25) is 17.7 Å². The smallest absolute Gasteiger partial charge is 0.247 e. The first-order valence-electron chi connectivity index (χ1n) is 15.6. The maximum Gasteiger partial charge on any atom is 0.247 e.